The molecule has 6 heteroatoms. The largest absolute Gasteiger partial charge is 0.326 e. The number of imidazole rings is 1. The number of rotatable bonds is 1. The molecule has 2 atom stereocenters. The Kier molecular flexibility index (Phi) is 3.16. The van der Waals surface area contributed by atoms with Crippen LogP contribution >= 0.6 is 0 Å². The first-order valence-electron chi connectivity index (χ1n) is 7.39. The van der Waals surface area contributed by atoms with Crippen LogP contribution in [0.3, 0.4) is 0 Å². The van der Waals surface area contributed by atoms with Gasteiger partial charge in [-0.05, 0) is 23.8 Å². The van der Waals surface area contributed by atoms with Crippen molar-refractivity contribution in [2.24, 2.45) is 5.73 Å². The molecule has 1 unspecified atom stereocenters. The van der Waals surface area contributed by atoms with Crippen molar-refractivity contribution in [1.82, 2.24) is 9.55 Å². The van der Waals surface area contributed by atoms with E-state index < -0.39 is 29.4 Å². The maximum atomic E-state index is 14.1. The second-order valence-electron chi connectivity index (χ2n) is 5.89. The number of nitrogens with zero attached hydrogens (tertiary/aromatic N) is 2. The SMILES string of the molecule is N[C@H]1Cn2c(nc3ccccc32)CC1c1cc(F)c(F)cc1F. The molecule has 23 heavy (non-hydrogen) atoms. The first kappa shape index (κ1) is 14.3. The van der Waals surface area contributed by atoms with Crippen molar-refractivity contribution in [3.05, 3.63) is 65.2 Å². The highest BCUT2D eigenvalue weighted by Gasteiger charge is 2.31. The van der Waals surface area contributed by atoms with Gasteiger partial charge in [-0.25, -0.2) is 18.2 Å². The van der Waals surface area contributed by atoms with Crippen LogP contribution in [0.1, 0.15) is 17.3 Å². The number of benzene rings is 2. The van der Waals surface area contributed by atoms with Crippen molar-refractivity contribution in [1.29, 1.82) is 0 Å². The maximum absolute atomic E-state index is 14.1. The van der Waals surface area contributed by atoms with Gasteiger partial charge >= 0.3 is 0 Å². The molecule has 2 heterocycles. The molecule has 2 N–H and O–H groups in total. The van der Waals surface area contributed by atoms with E-state index >= 15 is 0 Å². The van der Waals surface area contributed by atoms with E-state index in [1.807, 2.05) is 28.8 Å². The van der Waals surface area contributed by atoms with E-state index in [4.69, 9.17) is 5.73 Å². The van der Waals surface area contributed by atoms with Gasteiger partial charge in [0.1, 0.15) is 11.6 Å². The summed E-state index contributed by atoms with van der Waals surface area (Å²) < 4.78 is 42.7. The predicted molar refractivity (Wildman–Crippen MR) is 80.5 cm³/mol. The van der Waals surface area contributed by atoms with Crippen molar-refractivity contribution < 1.29 is 13.2 Å². The van der Waals surface area contributed by atoms with Crippen molar-refractivity contribution in [2.45, 2.75) is 24.9 Å². The van der Waals surface area contributed by atoms with E-state index in [1.165, 1.54) is 0 Å². The molecule has 0 saturated heterocycles. The van der Waals surface area contributed by atoms with Gasteiger partial charge in [-0.2, -0.15) is 0 Å². The Morgan fingerprint density at radius 1 is 1.04 bits per heavy atom. The quantitative estimate of drug-likeness (QED) is 0.701. The Labute approximate surface area is 130 Å². The highest BCUT2D eigenvalue weighted by molar-refractivity contribution is 5.76. The van der Waals surface area contributed by atoms with E-state index in [9.17, 15) is 13.2 Å². The fourth-order valence-corrected chi connectivity index (χ4v) is 3.33. The minimum Gasteiger partial charge on any atom is -0.326 e. The Morgan fingerprint density at radius 3 is 2.61 bits per heavy atom. The predicted octanol–water partition coefficient (Wildman–Crippen LogP) is 3.12. The molecule has 3 aromatic rings. The number of fused-ring (bicyclic) bond motifs is 3. The maximum Gasteiger partial charge on any atom is 0.161 e. The third-order valence-corrected chi connectivity index (χ3v) is 4.49. The van der Waals surface area contributed by atoms with Gasteiger partial charge in [-0.15, -0.1) is 0 Å². The first-order chi connectivity index (χ1) is 11.0. The molecule has 0 saturated carbocycles. The van der Waals surface area contributed by atoms with Crippen LogP contribution in [0.4, 0.5) is 13.2 Å². The monoisotopic (exact) mass is 317 g/mol. The summed E-state index contributed by atoms with van der Waals surface area (Å²) in [5.41, 5.74) is 8.13. The second kappa shape index (κ2) is 5.09. The minimum atomic E-state index is -1.19. The molecule has 4 rings (SSSR count). The molecule has 0 aliphatic carbocycles. The fraction of sp³-hybridized carbons (Fsp3) is 0.235. The second-order valence-corrected chi connectivity index (χ2v) is 5.89. The third kappa shape index (κ3) is 2.21. The average molecular weight is 317 g/mol. The zero-order valence-electron chi connectivity index (χ0n) is 12.1. The molecule has 0 amide bonds. The van der Waals surface area contributed by atoms with Crippen molar-refractivity contribution >= 4 is 11.0 Å². The molecule has 0 fully saturated rings. The first-order valence-corrected chi connectivity index (χ1v) is 7.39. The summed E-state index contributed by atoms with van der Waals surface area (Å²) >= 11 is 0. The lowest BCUT2D eigenvalue weighted by Crippen LogP contribution is -2.39. The third-order valence-electron chi connectivity index (χ3n) is 4.49. The molecule has 0 spiro atoms. The molecule has 0 radical (unpaired) electrons. The standard InChI is InChI=1S/C17H14F3N3/c18-11-7-13(20)12(19)5-9(11)10-6-17-22-15-3-1-2-4-16(15)23(17)8-14(10)21/h1-5,7,10,14H,6,8,21H2/t10?,14-/m0/s1. The smallest absolute Gasteiger partial charge is 0.161 e. The van der Waals surface area contributed by atoms with Crippen LogP contribution in [0.15, 0.2) is 36.4 Å². The van der Waals surface area contributed by atoms with Gasteiger partial charge in [0.2, 0.25) is 0 Å². The van der Waals surface area contributed by atoms with Crippen molar-refractivity contribution in [3.8, 4) is 0 Å². The minimum absolute atomic E-state index is 0.106. The van der Waals surface area contributed by atoms with Gasteiger partial charge in [0.05, 0.1) is 11.0 Å². The van der Waals surface area contributed by atoms with Gasteiger partial charge < -0.3 is 10.3 Å². The molecule has 118 valence electrons. The van der Waals surface area contributed by atoms with Crippen LogP contribution in [0.25, 0.3) is 11.0 Å². The summed E-state index contributed by atoms with van der Waals surface area (Å²) in [6, 6.07) is 8.76. The van der Waals surface area contributed by atoms with Crippen LogP contribution in [0.5, 0.6) is 0 Å². The molecule has 1 aliphatic rings. The van der Waals surface area contributed by atoms with E-state index in [0.717, 1.165) is 22.9 Å². The van der Waals surface area contributed by atoms with E-state index in [-0.39, 0.29) is 5.56 Å². The molecular formula is C17H14F3N3. The normalized spacial score (nSPS) is 20.7. The Balaban J connectivity index is 1.79. The van der Waals surface area contributed by atoms with Crippen LogP contribution in [-0.2, 0) is 13.0 Å². The summed E-state index contributed by atoms with van der Waals surface area (Å²) in [5, 5.41) is 0. The molecule has 0 bridgehead atoms. The van der Waals surface area contributed by atoms with Crippen LogP contribution < -0.4 is 5.73 Å². The van der Waals surface area contributed by atoms with Gasteiger partial charge in [0.15, 0.2) is 11.6 Å². The van der Waals surface area contributed by atoms with E-state index in [2.05, 4.69) is 4.98 Å². The highest BCUT2D eigenvalue weighted by atomic mass is 19.2. The summed E-state index contributed by atoms with van der Waals surface area (Å²) in [7, 11) is 0. The number of hydrogen-bond acceptors (Lipinski definition) is 2. The lowest BCUT2D eigenvalue weighted by Gasteiger charge is -2.30. The Bertz CT molecular complexity index is 903. The average Bonchev–Trinajstić information content (AvgIpc) is 2.88. The molecule has 2 aromatic carbocycles. The summed E-state index contributed by atoms with van der Waals surface area (Å²) in [5.74, 6) is -2.68. The van der Waals surface area contributed by atoms with Gasteiger partial charge in [0, 0.05) is 31.0 Å². The highest BCUT2D eigenvalue weighted by Crippen LogP contribution is 2.33. The molecular weight excluding hydrogens is 303 g/mol. The lowest BCUT2D eigenvalue weighted by molar-refractivity contribution is 0.392. The van der Waals surface area contributed by atoms with Crippen LogP contribution in [0.2, 0.25) is 0 Å². The topological polar surface area (TPSA) is 43.8 Å². The number of halogens is 3. The van der Waals surface area contributed by atoms with Crippen LogP contribution in [-0.4, -0.2) is 15.6 Å². The van der Waals surface area contributed by atoms with Gasteiger partial charge in [0.25, 0.3) is 0 Å². The molecule has 3 nitrogen and oxygen atoms in total. The summed E-state index contributed by atoms with van der Waals surface area (Å²) in [6.07, 6.45) is 0.387. The van der Waals surface area contributed by atoms with Gasteiger partial charge in [-0.1, -0.05) is 12.1 Å². The zero-order chi connectivity index (χ0) is 16.1. The van der Waals surface area contributed by atoms with E-state index in [1.54, 1.807) is 0 Å². The van der Waals surface area contributed by atoms with Crippen molar-refractivity contribution in [2.75, 3.05) is 0 Å². The number of hydrogen-bond donors (Lipinski definition) is 1. The zero-order valence-corrected chi connectivity index (χ0v) is 12.1. The number of aromatic nitrogens is 2. The fourth-order valence-electron chi connectivity index (χ4n) is 3.33. The number of para-hydroxylation sites is 2. The summed E-state index contributed by atoms with van der Waals surface area (Å²) in [4.78, 5) is 4.55. The van der Waals surface area contributed by atoms with Gasteiger partial charge in [-0.3, -0.25) is 0 Å². The Morgan fingerprint density at radius 2 is 1.78 bits per heavy atom. The van der Waals surface area contributed by atoms with Crippen LogP contribution in [0, 0.1) is 17.5 Å². The summed E-state index contributed by atoms with van der Waals surface area (Å²) in [6.45, 7) is 0.457. The lowest BCUT2D eigenvalue weighted by atomic mass is 9.86. The van der Waals surface area contributed by atoms with E-state index in [0.29, 0.717) is 19.0 Å². The van der Waals surface area contributed by atoms with Crippen molar-refractivity contribution in [3.63, 3.8) is 0 Å². The molecule has 1 aliphatic heterocycles. The number of nitrogens with two attached hydrogens (primary N) is 1. The molecule has 1 aromatic heterocycles. The Hall–Kier alpha value is -2.34.